The fraction of sp³-hybridized carbons (Fsp3) is 0.368. The highest BCUT2D eigenvalue weighted by molar-refractivity contribution is 6.04. The topological polar surface area (TPSA) is 126 Å². The highest BCUT2D eigenvalue weighted by Gasteiger charge is 2.36. The van der Waals surface area contributed by atoms with Crippen LogP contribution in [0.3, 0.4) is 0 Å². The maximum Gasteiger partial charge on any atom is 0.330 e. The number of carbonyl (C=O) groups excluding carboxylic acids is 1. The van der Waals surface area contributed by atoms with Crippen molar-refractivity contribution in [1.29, 1.82) is 0 Å². The van der Waals surface area contributed by atoms with Crippen LogP contribution in [-0.4, -0.2) is 45.5 Å². The number of hydrogen-bond acceptors (Lipinski definition) is 7. The third-order valence-electron chi connectivity index (χ3n) is 4.85. The summed E-state index contributed by atoms with van der Waals surface area (Å²) < 4.78 is 11.6. The molecular formula is C19H22N4O6. The molecule has 10 nitrogen and oxygen atoms in total. The van der Waals surface area contributed by atoms with Crippen LogP contribution in [0.4, 0.5) is 0 Å². The molecule has 0 bridgehead atoms. The molecule has 0 spiro atoms. The number of benzene rings is 1. The van der Waals surface area contributed by atoms with Gasteiger partial charge in [0.05, 0.1) is 26.0 Å². The van der Waals surface area contributed by atoms with Gasteiger partial charge in [0.25, 0.3) is 5.56 Å². The lowest BCUT2D eigenvalue weighted by atomic mass is 9.98. The van der Waals surface area contributed by atoms with Crippen molar-refractivity contribution < 1.29 is 19.4 Å². The summed E-state index contributed by atoms with van der Waals surface area (Å²) in [4.78, 5) is 38.8. The van der Waals surface area contributed by atoms with E-state index in [0.29, 0.717) is 17.1 Å². The van der Waals surface area contributed by atoms with Crippen molar-refractivity contribution in [1.82, 2.24) is 14.6 Å². The van der Waals surface area contributed by atoms with E-state index in [4.69, 9.17) is 9.47 Å². The predicted octanol–water partition coefficient (Wildman–Crippen LogP) is 0.884. The molecule has 1 unspecified atom stereocenters. The van der Waals surface area contributed by atoms with Crippen molar-refractivity contribution >= 4 is 11.6 Å². The summed E-state index contributed by atoms with van der Waals surface area (Å²) in [7, 11) is 4.36. The number of H-pyrrole nitrogens is 1. The summed E-state index contributed by atoms with van der Waals surface area (Å²) in [6, 6.07) is 4.62. The molecule has 2 heterocycles. The van der Waals surface area contributed by atoms with Crippen LogP contribution in [0, 0.1) is 0 Å². The second kappa shape index (κ2) is 7.82. The number of aromatic nitrogens is 2. The van der Waals surface area contributed by atoms with Crippen molar-refractivity contribution in [2.45, 2.75) is 25.8 Å². The summed E-state index contributed by atoms with van der Waals surface area (Å²) in [5.74, 6) is 0.316. The van der Waals surface area contributed by atoms with Gasteiger partial charge in [0.1, 0.15) is 17.1 Å². The fourth-order valence-electron chi connectivity index (χ4n) is 3.26. The van der Waals surface area contributed by atoms with Crippen molar-refractivity contribution in [3.05, 3.63) is 50.2 Å². The molecule has 0 saturated heterocycles. The van der Waals surface area contributed by atoms with Crippen LogP contribution in [0.1, 0.15) is 36.9 Å². The van der Waals surface area contributed by atoms with Crippen LogP contribution in [0.25, 0.3) is 0 Å². The summed E-state index contributed by atoms with van der Waals surface area (Å²) in [6.45, 7) is 1.70. The average Bonchev–Trinajstić information content (AvgIpc) is 3.15. The normalized spacial score (nSPS) is 15.9. The Kier molecular flexibility index (Phi) is 5.44. The minimum atomic E-state index is -0.772. The number of carbonyl (C=O) groups is 1. The molecule has 1 aliphatic rings. The molecular weight excluding hydrogens is 380 g/mol. The van der Waals surface area contributed by atoms with Gasteiger partial charge in [-0.15, -0.1) is 0 Å². The zero-order chi connectivity index (χ0) is 21.3. The summed E-state index contributed by atoms with van der Waals surface area (Å²) >= 11 is 0. The second-order valence-corrected chi connectivity index (χ2v) is 6.48. The number of methoxy groups -OCH3 is 2. The number of amides is 1. The molecule has 2 N–H and O–H groups in total. The molecule has 1 aromatic carbocycles. The second-order valence-electron chi connectivity index (χ2n) is 6.48. The molecule has 3 rings (SSSR count). The zero-order valence-corrected chi connectivity index (χ0v) is 16.6. The highest BCUT2D eigenvalue weighted by Crippen LogP contribution is 2.39. The van der Waals surface area contributed by atoms with Crippen LogP contribution in [0.2, 0.25) is 0 Å². The molecule has 0 fully saturated rings. The number of nitrogens with one attached hydrogen (secondary N) is 1. The van der Waals surface area contributed by atoms with E-state index >= 15 is 0 Å². The Morgan fingerprint density at radius 2 is 2.03 bits per heavy atom. The fourth-order valence-corrected chi connectivity index (χ4v) is 3.26. The number of hydrazone groups is 1. The summed E-state index contributed by atoms with van der Waals surface area (Å²) in [5, 5.41) is 15.9. The first kappa shape index (κ1) is 20.2. The van der Waals surface area contributed by atoms with Gasteiger partial charge in [-0.25, -0.2) is 9.80 Å². The van der Waals surface area contributed by atoms with E-state index in [1.165, 1.54) is 26.3 Å². The molecule has 29 heavy (non-hydrogen) atoms. The molecule has 0 saturated carbocycles. The van der Waals surface area contributed by atoms with Crippen molar-refractivity contribution in [3.63, 3.8) is 0 Å². The van der Waals surface area contributed by atoms with Gasteiger partial charge < -0.3 is 14.6 Å². The third-order valence-corrected chi connectivity index (χ3v) is 4.85. The van der Waals surface area contributed by atoms with Crippen LogP contribution in [-0.2, 0) is 11.8 Å². The van der Waals surface area contributed by atoms with E-state index in [0.717, 1.165) is 4.57 Å². The molecule has 1 aromatic heterocycles. The first-order chi connectivity index (χ1) is 13.8. The first-order valence-corrected chi connectivity index (χ1v) is 8.96. The highest BCUT2D eigenvalue weighted by atomic mass is 16.5. The minimum Gasteiger partial charge on any atom is -0.497 e. The van der Waals surface area contributed by atoms with Crippen molar-refractivity contribution in [3.8, 4) is 17.4 Å². The molecule has 0 radical (unpaired) electrons. The van der Waals surface area contributed by atoms with E-state index in [1.807, 2.05) is 0 Å². The Labute approximate surface area is 166 Å². The maximum absolute atomic E-state index is 12.6. The zero-order valence-electron chi connectivity index (χ0n) is 16.6. The van der Waals surface area contributed by atoms with E-state index in [1.54, 1.807) is 25.1 Å². The van der Waals surface area contributed by atoms with Crippen LogP contribution < -0.4 is 20.7 Å². The third kappa shape index (κ3) is 3.48. The van der Waals surface area contributed by atoms with E-state index in [-0.39, 0.29) is 30.0 Å². The quantitative estimate of drug-likeness (QED) is 0.765. The summed E-state index contributed by atoms with van der Waals surface area (Å²) in [6.07, 6.45) is 0.333. The van der Waals surface area contributed by atoms with Gasteiger partial charge in [-0.3, -0.25) is 19.1 Å². The van der Waals surface area contributed by atoms with Crippen LogP contribution in [0.5, 0.6) is 17.4 Å². The molecule has 10 heteroatoms. The summed E-state index contributed by atoms with van der Waals surface area (Å²) in [5.41, 5.74) is -0.830. The number of aromatic amines is 1. The van der Waals surface area contributed by atoms with E-state index < -0.39 is 23.2 Å². The standard InChI is InChI=1S/C19H22N4O6/c1-5-15(24)23-13(11-8-10(28-3)6-7-14(11)29-4)9-12(21-23)16-17(25)20-19(27)22(2)18(16)26/h6-8,13,26H,5,9H2,1-4H3,(H,20,25,27). The van der Waals surface area contributed by atoms with Gasteiger partial charge in [0, 0.05) is 25.5 Å². The van der Waals surface area contributed by atoms with E-state index in [9.17, 15) is 19.5 Å². The SMILES string of the molecule is CCC(=O)N1N=C(c2c(O)n(C)c(=O)[nH]c2=O)CC1c1cc(OC)ccc1OC. The van der Waals surface area contributed by atoms with Gasteiger partial charge in [-0.05, 0) is 18.2 Å². The average molecular weight is 402 g/mol. The van der Waals surface area contributed by atoms with E-state index in [2.05, 4.69) is 10.1 Å². The first-order valence-electron chi connectivity index (χ1n) is 8.96. The lowest BCUT2D eigenvalue weighted by Crippen LogP contribution is -2.32. The van der Waals surface area contributed by atoms with Gasteiger partial charge in [-0.1, -0.05) is 6.92 Å². The smallest absolute Gasteiger partial charge is 0.330 e. The number of ether oxygens (including phenoxy) is 2. The molecule has 154 valence electrons. The molecule has 1 aliphatic heterocycles. The Hall–Kier alpha value is -3.56. The van der Waals surface area contributed by atoms with Crippen molar-refractivity contribution in [2.75, 3.05) is 14.2 Å². The Morgan fingerprint density at radius 3 is 2.66 bits per heavy atom. The predicted molar refractivity (Wildman–Crippen MR) is 105 cm³/mol. The minimum absolute atomic E-state index is 0.143. The maximum atomic E-state index is 12.6. The number of rotatable bonds is 5. The van der Waals surface area contributed by atoms with Crippen LogP contribution >= 0.6 is 0 Å². The number of aromatic hydroxyl groups is 1. The van der Waals surface area contributed by atoms with Crippen molar-refractivity contribution in [2.24, 2.45) is 12.1 Å². The molecule has 0 aliphatic carbocycles. The lowest BCUT2D eigenvalue weighted by Gasteiger charge is -2.23. The molecule has 1 amide bonds. The number of nitrogens with zero attached hydrogens (tertiary/aromatic N) is 3. The lowest BCUT2D eigenvalue weighted by molar-refractivity contribution is -0.132. The Morgan fingerprint density at radius 1 is 1.31 bits per heavy atom. The monoisotopic (exact) mass is 402 g/mol. The van der Waals surface area contributed by atoms with Gasteiger partial charge in [0.2, 0.25) is 11.8 Å². The van der Waals surface area contributed by atoms with Gasteiger partial charge >= 0.3 is 5.69 Å². The molecule has 2 aromatic rings. The van der Waals surface area contributed by atoms with Gasteiger partial charge in [0.15, 0.2) is 0 Å². The van der Waals surface area contributed by atoms with Crippen LogP contribution in [0.15, 0.2) is 32.9 Å². The Bertz CT molecular complexity index is 1100. The van der Waals surface area contributed by atoms with Gasteiger partial charge in [-0.2, -0.15) is 5.10 Å². The Balaban J connectivity index is 2.15. The number of hydrogen-bond donors (Lipinski definition) is 2. The largest absolute Gasteiger partial charge is 0.497 e. The molecule has 1 atom stereocenters.